The number of fused-ring (bicyclic) bond motifs is 1. The summed E-state index contributed by atoms with van der Waals surface area (Å²) in [5.74, 6) is 0.0498. The second-order valence-electron chi connectivity index (χ2n) is 7.31. The van der Waals surface area contributed by atoms with E-state index in [9.17, 15) is 9.18 Å². The lowest BCUT2D eigenvalue weighted by atomic mass is 10.00. The molecule has 6 heteroatoms. The lowest BCUT2D eigenvalue weighted by Gasteiger charge is -2.23. The normalized spacial score (nSPS) is 18.1. The van der Waals surface area contributed by atoms with Gasteiger partial charge in [0.25, 0.3) is 5.91 Å². The summed E-state index contributed by atoms with van der Waals surface area (Å²) in [6, 6.07) is 10.4. The van der Waals surface area contributed by atoms with Gasteiger partial charge in [-0.05, 0) is 67.6 Å². The molecule has 0 aromatic heterocycles. The van der Waals surface area contributed by atoms with Crippen LogP contribution in [0.2, 0.25) is 0 Å². The number of rotatable bonds is 5. The van der Waals surface area contributed by atoms with Crippen molar-refractivity contribution in [3.05, 3.63) is 59.5 Å². The molecule has 0 saturated carbocycles. The first-order chi connectivity index (χ1) is 13.6. The molecule has 2 heterocycles. The Morgan fingerprint density at radius 1 is 1.21 bits per heavy atom. The first-order valence-electron chi connectivity index (χ1n) is 9.60. The molecule has 0 atom stereocenters. The summed E-state index contributed by atoms with van der Waals surface area (Å²) in [5.41, 5.74) is 4.84. The molecule has 0 bridgehead atoms. The van der Waals surface area contributed by atoms with Gasteiger partial charge in [0.05, 0.1) is 11.3 Å². The third-order valence-electron chi connectivity index (χ3n) is 5.30. The Morgan fingerprint density at radius 2 is 2.04 bits per heavy atom. The number of nitrogens with one attached hydrogen (secondary N) is 3. The number of carbonyl (C=O) groups excluding carboxylic acids is 1. The molecule has 2 aromatic carbocycles. The van der Waals surface area contributed by atoms with Crippen LogP contribution in [0.4, 0.5) is 21.5 Å². The summed E-state index contributed by atoms with van der Waals surface area (Å²) in [4.78, 5) is 12.2. The second-order valence-corrected chi connectivity index (χ2v) is 7.31. The summed E-state index contributed by atoms with van der Waals surface area (Å²) >= 11 is 0. The van der Waals surface area contributed by atoms with Crippen LogP contribution in [0.5, 0.6) is 0 Å². The molecule has 2 aliphatic heterocycles. The standard InChI is InChI=1S/C22H24FN3O2/c1-14-10-17(3-5-20(14)25-12-15-6-8-28-9-7-15)24-13-19-18-4-2-16(23)11-21(18)26-22(19)27/h2-5,10-11,13,15,24-25H,6-9,12H2,1H3,(H,26,27). The Morgan fingerprint density at radius 3 is 2.82 bits per heavy atom. The van der Waals surface area contributed by atoms with E-state index in [0.717, 1.165) is 49.5 Å². The number of amides is 1. The van der Waals surface area contributed by atoms with Crippen LogP contribution < -0.4 is 16.0 Å². The fourth-order valence-corrected chi connectivity index (χ4v) is 3.62. The lowest BCUT2D eigenvalue weighted by Crippen LogP contribution is -2.22. The second kappa shape index (κ2) is 8.02. The van der Waals surface area contributed by atoms with Gasteiger partial charge in [0.1, 0.15) is 5.82 Å². The third kappa shape index (κ3) is 4.02. The van der Waals surface area contributed by atoms with E-state index >= 15 is 0 Å². The van der Waals surface area contributed by atoms with Crippen molar-refractivity contribution < 1.29 is 13.9 Å². The van der Waals surface area contributed by atoms with Gasteiger partial charge in [-0.25, -0.2) is 4.39 Å². The molecule has 1 amide bonds. The summed E-state index contributed by atoms with van der Waals surface area (Å²) in [5, 5.41) is 9.41. The molecule has 1 saturated heterocycles. The molecule has 3 N–H and O–H groups in total. The number of hydrogen-bond acceptors (Lipinski definition) is 4. The van der Waals surface area contributed by atoms with Gasteiger partial charge in [-0.15, -0.1) is 0 Å². The van der Waals surface area contributed by atoms with Gasteiger partial charge in [-0.3, -0.25) is 4.79 Å². The molecule has 1 fully saturated rings. The zero-order valence-corrected chi connectivity index (χ0v) is 15.8. The first kappa shape index (κ1) is 18.5. The van der Waals surface area contributed by atoms with Crippen LogP contribution in [-0.2, 0) is 9.53 Å². The molecule has 0 aliphatic carbocycles. The highest BCUT2D eigenvalue weighted by molar-refractivity contribution is 6.31. The van der Waals surface area contributed by atoms with Crippen molar-refractivity contribution in [3.8, 4) is 0 Å². The molecular formula is C22H24FN3O2. The Balaban J connectivity index is 1.42. The van der Waals surface area contributed by atoms with E-state index in [4.69, 9.17) is 4.74 Å². The van der Waals surface area contributed by atoms with Gasteiger partial charge in [0.2, 0.25) is 0 Å². The van der Waals surface area contributed by atoms with Crippen molar-refractivity contribution in [1.82, 2.24) is 0 Å². The van der Waals surface area contributed by atoms with Gasteiger partial charge in [-0.2, -0.15) is 0 Å². The fraction of sp³-hybridized carbons (Fsp3) is 0.318. The molecule has 28 heavy (non-hydrogen) atoms. The third-order valence-corrected chi connectivity index (χ3v) is 5.30. The Kier molecular flexibility index (Phi) is 5.30. The Bertz CT molecular complexity index is 920. The SMILES string of the molecule is Cc1cc(NC=C2C(=O)Nc3cc(F)ccc32)ccc1NCC1CCOCC1. The smallest absolute Gasteiger partial charge is 0.257 e. The van der Waals surface area contributed by atoms with Gasteiger partial charge < -0.3 is 20.7 Å². The van der Waals surface area contributed by atoms with Crippen LogP contribution in [0.15, 0.2) is 42.6 Å². The van der Waals surface area contributed by atoms with Crippen molar-refractivity contribution in [2.24, 2.45) is 5.92 Å². The van der Waals surface area contributed by atoms with E-state index in [1.165, 1.54) is 12.1 Å². The largest absolute Gasteiger partial charge is 0.385 e. The number of ether oxygens (including phenoxy) is 1. The van der Waals surface area contributed by atoms with E-state index in [1.54, 1.807) is 12.3 Å². The quantitative estimate of drug-likeness (QED) is 0.673. The van der Waals surface area contributed by atoms with E-state index in [2.05, 4.69) is 22.9 Å². The van der Waals surface area contributed by atoms with E-state index < -0.39 is 0 Å². The van der Waals surface area contributed by atoms with Crippen LogP contribution >= 0.6 is 0 Å². The van der Waals surface area contributed by atoms with Crippen LogP contribution in [0.1, 0.15) is 24.0 Å². The maximum Gasteiger partial charge on any atom is 0.257 e. The summed E-state index contributed by atoms with van der Waals surface area (Å²) in [7, 11) is 0. The predicted molar refractivity (Wildman–Crippen MR) is 110 cm³/mol. The average Bonchev–Trinajstić information content (AvgIpc) is 3.00. The van der Waals surface area contributed by atoms with E-state index in [-0.39, 0.29) is 11.7 Å². The highest BCUT2D eigenvalue weighted by atomic mass is 19.1. The number of benzene rings is 2. The van der Waals surface area contributed by atoms with E-state index in [1.807, 2.05) is 18.2 Å². The average molecular weight is 381 g/mol. The van der Waals surface area contributed by atoms with Crippen LogP contribution in [0.3, 0.4) is 0 Å². The molecule has 2 aliphatic rings. The van der Waals surface area contributed by atoms with Gasteiger partial charge in [-0.1, -0.05) is 0 Å². The maximum absolute atomic E-state index is 13.3. The zero-order chi connectivity index (χ0) is 19.5. The highest BCUT2D eigenvalue weighted by Crippen LogP contribution is 2.32. The maximum atomic E-state index is 13.3. The van der Waals surface area contributed by atoms with Crippen molar-refractivity contribution in [2.45, 2.75) is 19.8 Å². The van der Waals surface area contributed by atoms with Crippen LogP contribution in [-0.4, -0.2) is 25.7 Å². The van der Waals surface area contributed by atoms with Gasteiger partial charge in [0.15, 0.2) is 0 Å². The van der Waals surface area contributed by atoms with E-state index in [0.29, 0.717) is 22.7 Å². The van der Waals surface area contributed by atoms with Crippen molar-refractivity contribution in [2.75, 3.05) is 35.7 Å². The number of anilines is 3. The molecule has 146 valence electrons. The molecule has 2 aromatic rings. The molecule has 0 spiro atoms. The topological polar surface area (TPSA) is 62.4 Å². The summed E-state index contributed by atoms with van der Waals surface area (Å²) < 4.78 is 18.7. The first-order valence-corrected chi connectivity index (χ1v) is 9.60. The highest BCUT2D eigenvalue weighted by Gasteiger charge is 2.24. The minimum atomic E-state index is -0.368. The number of carbonyl (C=O) groups is 1. The number of halogens is 1. The molecule has 4 rings (SSSR count). The predicted octanol–water partition coefficient (Wildman–Crippen LogP) is 4.38. The minimum Gasteiger partial charge on any atom is -0.385 e. The van der Waals surface area contributed by atoms with Crippen molar-refractivity contribution >= 4 is 28.5 Å². The summed E-state index contributed by atoms with van der Waals surface area (Å²) in [6.45, 7) is 4.72. The molecule has 0 unspecified atom stereocenters. The molecule has 0 radical (unpaired) electrons. The Hall–Kier alpha value is -2.86. The van der Waals surface area contributed by atoms with Crippen LogP contribution in [0, 0.1) is 18.7 Å². The fourth-order valence-electron chi connectivity index (χ4n) is 3.62. The van der Waals surface area contributed by atoms with Gasteiger partial charge in [0, 0.05) is 42.9 Å². The monoisotopic (exact) mass is 381 g/mol. The number of aryl methyl sites for hydroxylation is 1. The Labute approximate surface area is 164 Å². The molecule has 5 nitrogen and oxygen atoms in total. The zero-order valence-electron chi connectivity index (χ0n) is 15.8. The summed E-state index contributed by atoms with van der Waals surface area (Å²) in [6.07, 6.45) is 3.88. The molecular weight excluding hydrogens is 357 g/mol. The lowest BCUT2D eigenvalue weighted by molar-refractivity contribution is -0.110. The van der Waals surface area contributed by atoms with Crippen molar-refractivity contribution in [3.63, 3.8) is 0 Å². The van der Waals surface area contributed by atoms with Crippen LogP contribution in [0.25, 0.3) is 5.57 Å². The van der Waals surface area contributed by atoms with Gasteiger partial charge >= 0.3 is 0 Å². The number of hydrogen-bond donors (Lipinski definition) is 3. The minimum absolute atomic E-state index is 0.237. The van der Waals surface area contributed by atoms with Crippen molar-refractivity contribution in [1.29, 1.82) is 0 Å².